The summed E-state index contributed by atoms with van der Waals surface area (Å²) in [6.07, 6.45) is 0.0292. The van der Waals surface area contributed by atoms with Gasteiger partial charge >= 0.3 is 6.09 Å². The van der Waals surface area contributed by atoms with Crippen LogP contribution in [0, 0.1) is 6.92 Å². The minimum Gasteiger partial charge on any atom is -0.489 e. The molecule has 2 aromatic rings. The zero-order chi connectivity index (χ0) is 20.9. The van der Waals surface area contributed by atoms with Crippen molar-refractivity contribution < 1.29 is 19.4 Å². The van der Waals surface area contributed by atoms with Crippen molar-refractivity contribution in [3.63, 3.8) is 0 Å². The highest BCUT2D eigenvalue weighted by molar-refractivity contribution is 6.30. The second-order valence-corrected chi connectivity index (χ2v) is 7.77. The third-order valence-electron chi connectivity index (χ3n) is 3.92. The van der Waals surface area contributed by atoms with Gasteiger partial charge in [-0.1, -0.05) is 36.4 Å². The van der Waals surface area contributed by atoms with Crippen LogP contribution in [-0.2, 0) is 4.74 Å². The van der Waals surface area contributed by atoms with Crippen LogP contribution in [-0.4, -0.2) is 23.4 Å². The van der Waals surface area contributed by atoms with Crippen LogP contribution in [0.2, 0.25) is 5.02 Å². The van der Waals surface area contributed by atoms with Crippen LogP contribution in [0.15, 0.2) is 49.1 Å². The van der Waals surface area contributed by atoms with Crippen LogP contribution in [0.5, 0.6) is 5.75 Å². The van der Waals surface area contributed by atoms with Crippen LogP contribution in [0.25, 0.3) is 0 Å². The van der Waals surface area contributed by atoms with Crippen molar-refractivity contribution in [3.05, 3.63) is 70.8 Å². The molecule has 28 heavy (non-hydrogen) atoms. The molecule has 1 unspecified atom stereocenters. The Morgan fingerprint density at radius 3 is 2.64 bits per heavy atom. The lowest BCUT2D eigenvalue weighted by Gasteiger charge is -2.22. The molecule has 6 heteroatoms. The molecule has 0 heterocycles. The molecule has 2 rings (SSSR count). The third-order valence-corrected chi connectivity index (χ3v) is 4.16. The first-order valence-corrected chi connectivity index (χ1v) is 9.31. The van der Waals surface area contributed by atoms with E-state index in [0.29, 0.717) is 34.2 Å². The highest BCUT2D eigenvalue weighted by Gasteiger charge is 2.22. The molecule has 5 nitrogen and oxygen atoms in total. The number of nitrogens with one attached hydrogen (secondary N) is 1. The first-order valence-electron chi connectivity index (χ1n) is 8.93. The van der Waals surface area contributed by atoms with Gasteiger partial charge in [0.05, 0.1) is 5.69 Å². The van der Waals surface area contributed by atoms with E-state index in [9.17, 15) is 9.90 Å². The van der Waals surface area contributed by atoms with Gasteiger partial charge in [0, 0.05) is 10.6 Å². The number of halogens is 1. The normalized spacial score (nSPS) is 12.2. The molecule has 0 aliphatic rings. The second-order valence-electron chi connectivity index (χ2n) is 7.33. The topological polar surface area (TPSA) is 67.8 Å². The Kier molecular flexibility index (Phi) is 7.11. The zero-order valence-electron chi connectivity index (χ0n) is 16.6. The van der Waals surface area contributed by atoms with Crippen LogP contribution < -0.4 is 10.1 Å². The van der Waals surface area contributed by atoms with Crippen molar-refractivity contribution >= 4 is 23.4 Å². The maximum absolute atomic E-state index is 12.2. The quantitative estimate of drug-likeness (QED) is 0.612. The molecule has 0 aliphatic carbocycles. The number of aliphatic hydroxyl groups is 1. The number of carbonyl (C=O) groups is 1. The number of amides is 1. The summed E-state index contributed by atoms with van der Waals surface area (Å²) in [5, 5.41) is 14.2. The van der Waals surface area contributed by atoms with Crippen molar-refractivity contribution in [1.82, 2.24) is 0 Å². The molecule has 0 bridgehead atoms. The fraction of sp³-hybridized carbons (Fsp3) is 0.318. The summed E-state index contributed by atoms with van der Waals surface area (Å²) < 4.78 is 10.9. The molecule has 1 atom stereocenters. The number of carbonyl (C=O) groups excluding carboxylic acids is 1. The fourth-order valence-corrected chi connectivity index (χ4v) is 2.87. The number of aliphatic hydroxyl groups excluding tert-OH is 1. The summed E-state index contributed by atoms with van der Waals surface area (Å²) in [5.74, 6) is 0.653. The van der Waals surface area contributed by atoms with E-state index in [-0.39, 0.29) is 0 Å². The molecular weight excluding hydrogens is 378 g/mol. The van der Waals surface area contributed by atoms with E-state index in [1.807, 2.05) is 13.0 Å². The van der Waals surface area contributed by atoms with E-state index in [0.717, 1.165) is 5.56 Å². The van der Waals surface area contributed by atoms with Gasteiger partial charge in [-0.15, -0.1) is 0 Å². The summed E-state index contributed by atoms with van der Waals surface area (Å²) in [5.41, 5.74) is 1.68. The SMILES string of the molecule is C=CCOc1cccc(C(O)c2cc(Cl)ccc2NC(=O)OC(C)(C)C)c1C. The van der Waals surface area contributed by atoms with Crippen molar-refractivity contribution in [3.8, 4) is 5.75 Å². The monoisotopic (exact) mass is 403 g/mol. The lowest BCUT2D eigenvalue weighted by Crippen LogP contribution is -2.27. The molecule has 0 radical (unpaired) electrons. The maximum Gasteiger partial charge on any atom is 0.412 e. The average molecular weight is 404 g/mol. The molecule has 0 spiro atoms. The van der Waals surface area contributed by atoms with Crippen LogP contribution in [0.3, 0.4) is 0 Å². The number of anilines is 1. The summed E-state index contributed by atoms with van der Waals surface area (Å²) in [6, 6.07) is 10.3. The summed E-state index contributed by atoms with van der Waals surface area (Å²) in [6.45, 7) is 11.2. The Morgan fingerprint density at radius 1 is 1.29 bits per heavy atom. The van der Waals surface area contributed by atoms with Crippen LogP contribution in [0.4, 0.5) is 10.5 Å². The third kappa shape index (κ3) is 5.75. The molecule has 0 saturated heterocycles. The van der Waals surface area contributed by atoms with E-state index in [1.54, 1.807) is 57.2 Å². The molecule has 2 N–H and O–H groups in total. The number of hydrogen-bond acceptors (Lipinski definition) is 4. The molecule has 150 valence electrons. The molecule has 0 fully saturated rings. The van der Waals surface area contributed by atoms with Gasteiger partial charge in [-0.3, -0.25) is 5.32 Å². The van der Waals surface area contributed by atoms with Gasteiger partial charge in [0.25, 0.3) is 0 Å². The van der Waals surface area contributed by atoms with Crippen LogP contribution in [0.1, 0.15) is 43.6 Å². The van der Waals surface area contributed by atoms with Gasteiger partial charge in [0.15, 0.2) is 0 Å². The second kappa shape index (κ2) is 9.13. The molecule has 0 aliphatic heterocycles. The first kappa shape index (κ1) is 21.8. The van der Waals surface area contributed by atoms with E-state index in [4.69, 9.17) is 21.1 Å². The highest BCUT2D eigenvalue weighted by atomic mass is 35.5. The lowest BCUT2D eigenvalue weighted by atomic mass is 9.95. The van der Waals surface area contributed by atoms with Gasteiger partial charge in [-0.05, 0) is 63.1 Å². The van der Waals surface area contributed by atoms with E-state index in [1.165, 1.54) is 0 Å². The molecule has 2 aromatic carbocycles. The summed E-state index contributed by atoms with van der Waals surface area (Å²) in [4.78, 5) is 12.2. The lowest BCUT2D eigenvalue weighted by molar-refractivity contribution is 0.0635. The zero-order valence-corrected chi connectivity index (χ0v) is 17.3. The smallest absolute Gasteiger partial charge is 0.412 e. The number of benzene rings is 2. The van der Waals surface area contributed by atoms with Gasteiger partial charge in [0.1, 0.15) is 24.1 Å². The van der Waals surface area contributed by atoms with Crippen LogP contribution >= 0.6 is 11.6 Å². The molecule has 0 aromatic heterocycles. The molecule has 0 saturated carbocycles. The summed E-state index contributed by atoms with van der Waals surface area (Å²) >= 11 is 6.14. The van der Waals surface area contributed by atoms with Crippen molar-refractivity contribution in [2.24, 2.45) is 0 Å². The Labute approximate surface area is 170 Å². The minimum atomic E-state index is -1.02. The average Bonchev–Trinajstić information content (AvgIpc) is 2.60. The standard InChI is InChI=1S/C22H26ClNO4/c1-6-12-27-19-9-7-8-16(14(19)2)20(25)17-13-15(23)10-11-18(17)24-21(26)28-22(3,4)5/h6-11,13,20,25H,1,12H2,2-5H3,(H,24,26). The van der Waals surface area contributed by atoms with Crippen molar-refractivity contribution in [1.29, 1.82) is 0 Å². The minimum absolute atomic E-state index is 0.364. The Morgan fingerprint density at radius 2 is 2.00 bits per heavy atom. The Bertz CT molecular complexity index is 858. The van der Waals surface area contributed by atoms with E-state index in [2.05, 4.69) is 11.9 Å². The highest BCUT2D eigenvalue weighted by Crippen LogP contribution is 2.35. The van der Waals surface area contributed by atoms with Gasteiger partial charge in [-0.2, -0.15) is 0 Å². The van der Waals surface area contributed by atoms with Gasteiger partial charge in [0.2, 0.25) is 0 Å². The number of rotatable bonds is 6. The molecular formula is C22H26ClNO4. The number of ether oxygens (including phenoxy) is 2. The summed E-state index contributed by atoms with van der Waals surface area (Å²) in [7, 11) is 0. The first-order chi connectivity index (χ1) is 13.1. The van der Waals surface area contributed by atoms with Gasteiger partial charge in [-0.25, -0.2) is 4.79 Å². The van der Waals surface area contributed by atoms with Crippen molar-refractivity contribution in [2.45, 2.75) is 39.4 Å². The predicted octanol–water partition coefficient (Wildman–Crippen LogP) is 5.64. The maximum atomic E-state index is 12.2. The Balaban J connectivity index is 2.38. The molecule has 1 amide bonds. The predicted molar refractivity (Wildman–Crippen MR) is 112 cm³/mol. The van der Waals surface area contributed by atoms with E-state index >= 15 is 0 Å². The van der Waals surface area contributed by atoms with Crippen molar-refractivity contribution in [2.75, 3.05) is 11.9 Å². The largest absolute Gasteiger partial charge is 0.489 e. The van der Waals surface area contributed by atoms with E-state index < -0.39 is 17.8 Å². The number of hydrogen-bond donors (Lipinski definition) is 2. The van der Waals surface area contributed by atoms with Gasteiger partial charge < -0.3 is 14.6 Å². The fourth-order valence-electron chi connectivity index (χ4n) is 2.69. The Hall–Kier alpha value is -2.50.